The van der Waals surface area contributed by atoms with Gasteiger partial charge in [-0.15, -0.1) is 11.8 Å². The lowest BCUT2D eigenvalue weighted by molar-refractivity contribution is 0.750. The normalized spacial score (nSPS) is 10.7. The average Bonchev–Trinajstić information content (AvgIpc) is 2.03. The third kappa shape index (κ3) is 3.08. The molecule has 66 valence electrons. The second-order valence-electron chi connectivity index (χ2n) is 3.14. The molecule has 2 heteroatoms. The summed E-state index contributed by atoms with van der Waals surface area (Å²) in [6.45, 7) is 4.42. The topological polar surface area (TPSA) is 0 Å². The molecule has 12 heavy (non-hydrogen) atoms. The molecule has 0 nitrogen and oxygen atoms in total. The first-order chi connectivity index (χ1) is 5.70. The van der Waals surface area contributed by atoms with E-state index in [4.69, 9.17) is 11.6 Å². The van der Waals surface area contributed by atoms with Crippen molar-refractivity contribution in [2.75, 3.05) is 5.75 Å². The average molecular weight is 201 g/mol. The van der Waals surface area contributed by atoms with Crippen molar-refractivity contribution in [3.8, 4) is 0 Å². The van der Waals surface area contributed by atoms with Crippen LogP contribution in [0, 0.1) is 5.92 Å². The van der Waals surface area contributed by atoms with Gasteiger partial charge in [-0.25, -0.2) is 0 Å². The Labute approximate surface area is 83.3 Å². The first kappa shape index (κ1) is 9.94. The molecule has 0 aliphatic rings. The molecule has 0 unspecified atom stereocenters. The largest absolute Gasteiger partial charge is 0.124 e. The molecule has 0 aliphatic heterocycles. The Bertz CT molecular complexity index is 245. The van der Waals surface area contributed by atoms with Crippen molar-refractivity contribution in [3.63, 3.8) is 0 Å². The van der Waals surface area contributed by atoms with Gasteiger partial charge in [-0.05, 0) is 18.1 Å². The SMILES string of the molecule is CC(C)CSc1ccccc1Cl. The van der Waals surface area contributed by atoms with E-state index in [9.17, 15) is 0 Å². The minimum Gasteiger partial charge on any atom is -0.124 e. The fraction of sp³-hybridized carbons (Fsp3) is 0.400. The third-order valence-electron chi connectivity index (χ3n) is 1.41. The number of thioether (sulfide) groups is 1. The zero-order chi connectivity index (χ0) is 8.97. The van der Waals surface area contributed by atoms with Crippen LogP contribution in [-0.2, 0) is 0 Å². The molecule has 1 rings (SSSR count). The molecule has 0 atom stereocenters. The highest BCUT2D eigenvalue weighted by Gasteiger charge is 2.00. The summed E-state index contributed by atoms with van der Waals surface area (Å²) in [5.41, 5.74) is 0. The van der Waals surface area contributed by atoms with Gasteiger partial charge in [0.25, 0.3) is 0 Å². The van der Waals surface area contributed by atoms with Gasteiger partial charge in [0.1, 0.15) is 0 Å². The second-order valence-corrected chi connectivity index (χ2v) is 4.60. The van der Waals surface area contributed by atoms with Crippen LogP contribution in [0.1, 0.15) is 13.8 Å². The number of benzene rings is 1. The summed E-state index contributed by atoms with van der Waals surface area (Å²) in [5.74, 6) is 1.84. The van der Waals surface area contributed by atoms with E-state index in [1.807, 2.05) is 30.0 Å². The van der Waals surface area contributed by atoms with E-state index in [1.165, 1.54) is 4.90 Å². The highest BCUT2D eigenvalue weighted by Crippen LogP contribution is 2.27. The van der Waals surface area contributed by atoms with Crippen LogP contribution >= 0.6 is 23.4 Å². The standard InChI is InChI=1S/C10H13ClS/c1-8(2)7-12-10-6-4-3-5-9(10)11/h3-6,8H,7H2,1-2H3. The molecule has 1 aromatic carbocycles. The molecular formula is C10H13ClS. The first-order valence-corrected chi connectivity index (χ1v) is 5.44. The summed E-state index contributed by atoms with van der Waals surface area (Å²) in [7, 11) is 0. The van der Waals surface area contributed by atoms with E-state index in [1.54, 1.807) is 0 Å². The Morgan fingerprint density at radius 2 is 2.00 bits per heavy atom. The van der Waals surface area contributed by atoms with Crippen molar-refractivity contribution in [2.24, 2.45) is 5.92 Å². The summed E-state index contributed by atoms with van der Waals surface area (Å²) in [4.78, 5) is 1.19. The Balaban J connectivity index is 2.57. The summed E-state index contributed by atoms with van der Waals surface area (Å²) in [5, 5.41) is 0.864. The van der Waals surface area contributed by atoms with Crippen LogP contribution < -0.4 is 0 Å². The highest BCUT2D eigenvalue weighted by atomic mass is 35.5. The maximum absolute atomic E-state index is 5.99. The fourth-order valence-corrected chi connectivity index (χ4v) is 2.01. The van der Waals surface area contributed by atoms with Crippen molar-refractivity contribution < 1.29 is 0 Å². The van der Waals surface area contributed by atoms with Crippen LogP contribution in [0.4, 0.5) is 0 Å². The van der Waals surface area contributed by atoms with Gasteiger partial charge in [-0.3, -0.25) is 0 Å². The number of halogens is 1. The summed E-state index contributed by atoms with van der Waals surface area (Å²) in [6.07, 6.45) is 0. The Morgan fingerprint density at radius 3 is 2.58 bits per heavy atom. The minimum atomic E-state index is 0.714. The van der Waals surface area contributed by atoms with Crippen LogP contribution in [0.5, 0.6) is 0 Å². The van der Waals surface area contributed by atoms with Gasteiger partial charge < -0.3 is 0 Å². The monoisotopic (exact) mass is 200 g/mol. The summed E-state index contributed by atoms with van der Waals surface area (Å²) >= 11 is 7.81. The number of rotatable bonds is 3. The van der Waals surface area contributed by atoms with Crippen LogP contribution in [-0.4, -0.2) is 5.75 Å². The van der Waals surface area contributed by atoms with E-state index >= 15 is 0 Å². The van der Waals surface area contributed by atoms with Gasteiger partial charge in [0.05, 0.1) is 5.02 Å². The molecule has 0 N–H and O–H groups in total. The molecule has 0 fully saturated rings. The van der Waals surface area contributed by atoms with Crippen molar-refractivity contribution in [1.29, 1.82) is 0 Å². The van der Waals surface area contributed by atoms with Crippen LogP contribution in [0.15, 0.2) is 29.2 Å². The van der Waals surface area contributed by atoms with Crippen molar-refractivity contribution in [1.82, 2.24) is 0 Å². The molecule has 0 bridgehead atoms. The molecule has 0 aromatic heterocycles. The highest BCUT2D eigenvalue weighted by molar-refractivity contribution is 7.99. The van der Waals surface area contributed by atoms with Crippen LogP contribution in [0.3, 0.4) is 0 Å². The molecule has 1 aromatic rings. The second kappa shape index (κ2) is 4.78. The quantitative estimate of drug-likeness (QED) is 0.663. The van der Waals surface area contributed by atoms with E-state index in [0.717, 1.165) is 10.8 Å². The smallest absolute Gasteiger partial charge is 0.0541 e. The molecule has 0 amide bonds. The zero-order valence-electron chi connectivity index (χ0n) is 7.38. The molecule has 0 spiro atoms. The lowest BCUT2D eigenvalue weighted by Gasteiger charge is -2.05. The molecule has 0 saturated heterocycles. The van der Waals surface area contributed by atoms with Crippen LogP contribution in [0.25, 0.3) is 0 Å². The van der Waals surface area contributed by atoms with E-state index in [-0.39, 0.29) is 0 Å². The third-order valence-corrected chi connectivity index (χ3v) is 3.35. The molecule has 0 radical (unpaired) electrons. The van der Waals surface area contributed by atoms with Crippen molar-refractivity contribution >= 4 is 23.4 Å². The van der Waals surface area contributed by atoms with Gasteiger partial charge in [0.15, 0.2) is 0 Å². The van der Waals surface area contributed by atoms with Crippen molar-refractivity contribution in [2.45, 2.75) is 18.7 Å². The predicted molar refractivity (Wildman–Crippen MR) is 57.0 cm³/mol. The maximum atomic E-state index is 5.99. The van der Waals surface area contributed by atoms with Gasteiger partial charge >= 0.3 is 0 Å². The fourth-order valence-electron chi connectivity index (χ4n) is 0.818. The number of hydrogen-bond acceptors (Lipinski definition) is 1. The summed E-state index contributed by atoms with van der Waals surface area (Å²) in [6, 6.07) is 7.98. The Morgan fingerprint density at radius 1 is 1.33 bits per heavy atom. The van der Waals surface area contributed by atoms with Gasteiger partial charge in [-0.2, -0.15) is 0 Å². The summed E-state index contributed by atoms with van der Waals surface area (Å²) < 4.78 is 0. The van der Waals surface area contributed by atoms with Gasteiger partial charge in [0, 0.05) is 10.6 Å². The lowest BCUT2D eigenvalue weighted by atomic mass is 10.3. The first-order valence-electron chi connectivity index (χ1n) is 4.07. The molecule has 0 saturated carbocycles. The van der Waals surface area contributed by atoms with Gasteiger partial charge in [-0.1, -0.05) is 37.6 Å². The van der Waals surface area contributed by atoms with Crippen molar-refractivity contribution in [3.05, 3.63) is 29.3 Å². The molecule has 0 heterocycles. The lowest BCUT2D eigenvalue weighted by Crippen LogP contribution is -1.89. The predicted octanol–water partition coefficient (Wildman–Crippen LogP) is 4.09. The van der Waals surface area contributed by atoms with E-state index in [2.05, 4.69) is 19.9 Å². The minimum absolute atomic E-state index is 0.714. The van der Waals surface area contributed by atoms with Crippen LogP contribution in [0.2, 0.25) is 5.02 Å². The Kier molecular flexibility index (Phi) is 3.96. The molecular weight excluding hydrogens is 188 g/mol. The number of hydrogen-bond donors (Lipinski definition) is 0. The Hall–Kier alpha value is -0.140. The van der Waals surface area contributed by atoms with E-state index in [0.29, 0.717) is 5.92 Å². The molecule has 0 aliphatic carbocycles. The van der Waals surface area contributed by atoms with E-state index < -0.39 is 0 Å². The maximum Gasteiger partial charge on any atom is 0.0541 e. The zero-order valence-corrected chi connectivity index (χ0v) is 8.95. The van der Waals surface area contributed by atoms with Gasteiger partial charge in [0.2, 0.25) is 0 Å².